The monoisotopic (exact) mass is 454 g/mol. The van der Waals surface area contributed by atoms with Gasteiger partial charge in [0.1, 0.15) is 11.5 Å². The predicted molar refractivity (Wildman–Crippen MR) is 115 cm³/mol. The molecule has 3 aromatic rings. The number of fused-ring (bicyclic) bond motifs is 3. The highest BCUT2D eigenvalue weighted by Crippen LogP contribution is 2.49. The van der Waals surface area contributed by atoms with E-state index in [4.69, 9.17) is 14.6 Å². The molecule has 28 heavy (non-hydrogen) atoms. The van der Waals surface area contributed by atoms with Gasteiger partial charge < -0.3 is 9.47 Å². The highest BCUT2D eigenvalue weighted by molar-refractivity contribution is 9.11. The normalized spacial score (nSPS) is 20.2. The zero-order valence-corrected chi connectivity index (χ0v) is 17.7. The van der Waals surface area contributed by atoms with Gasteiger partial charge in [0.25, 0.3) is 0 Å². The zero-order chi connectivity index (χ0) is 19.1. The van der Waals surface area contributed by atoms with Crippen LogP contribution < -0.4 is 9.47 Å². The maximum atomic E-state index is 6.44. The molecule has 0 saturated heterocycles. The van der Waals surface area contributed by atoms with E-state index in [1.165, 1.54) is 10.4 Å². The Balaban J connectivity index is 1.61. The average molecular weight is 455 g/mol. The van der Waals surface area contributed by atoms with Crippen LogP contribution in [0.1, 0.15) is 41.6 Å². The summed E-state index contributed by atoms with van der Waals surface area (Å²) < 4.78 is 13.4. The van der Waals surface area contributed by atoms with Crippen LogP contribution in [0.2, 0.25) is 0 Å². The van der Waals surface area contributed by atoms with E-state index in [9.17, 15) is 0 Å². The molecule has 2 aliphatic heterocycles. The number of nitrogens with zero attached hydrogens (tertiary/aromatic N) is 2. The largest absolute Gasteiger partial charge is 0.493 e. The van der Waals surface area contributed by atoms with Crippen molar-refractivity contribution in [1.82, 2.24) is 5.01 Å². The minimum Gasteiger partial charge on any atom is -0.493 e. The third kappa shape index (κ3) is 3.01. The second kappa shape index (κ2) is 7.26. The fourth-order valence-electron chi connectivity index (χ4n) is 3.83. The van der Waals surface area contributed by atoms with Crippen LogP contribution in [0.15, 0.2) is 69.6 Å². The van der Waals surface area contributed by atoms with Crippen molar-refractivity contribution in [3.8, 4) is 11.5 Å². The molecule has 0 radical (unpaired) electrons. The van der Waals surface area contributed by atoms with Crippen molar-refractivity contribution in [2.45, 2.75) is 25.6 Å². The van der Waals surface area contributed by atoms with Crippen LogP contribution in [0.4, 0.5) is 0 Å². The standard InChI is InChI=1S/C22H19BrN2O2S/c1-2-26-18-9-5-4-8-15(18)22-25-17(14-7-3-6-10-19(14)27-22)13-16(24-25)20-11-12-21(23)28-20/h3-12,17,22H,2,13H2,1H3/t17-,22-/m1/s1. The molecule has 1 aromatic heterocycles. The van der Waals surface area contributed by atoms with Crippen molar-refractivity contribution in [3.63, 3.8) is 0 Å². The van der Waals surface area contributed by atoms with Gasteiger partial charge in [-0.05, 0) is 53.2 Å². The molecule has 2 atom stereocenters. The molecule has 2 aromatic carbocycles. The number of rotatable bonds is 4. The summed E-state index contributed by atoms with van der Waals surface area (Å²) in [5, 5.41) is 7.11. The maximum Gasteiger partial charge on any atom is 0.217 e. The number of thiophene rings is 1. The SMILES string of the molecule is CCOc1ccccc1[C@H]1Oc2ccccc2[C@H]2CC(c3ccc(Br)s3)=NN21. The lowest BCUT2D eigenvalue weighted by Gasteiger charge is -2.38. The van der Waals surface area contributed by atoms with E-state index in [1.807, 2.05) is 37.3 Å². The Labute approximate surface area is 176 Å². The van der Waals surface area contributed by atoms with Crippen LogP contribution in [-0.2, 0) is 0 Å². The number of benzene rings is 2. The van der Waals surface area contributed by atoms with E-state index in [1.54, 1.807) is 11.3 Å². The topological polar surface area (TPSA) is 34.1 Å². The van der Waals surface area contributed by atoms with E-state index in [0.717, 1.165) is 33.0 Å². The first kappa shape index (κ1) is 17.8. The molecular weight excluding hydrogens is 436 g/mol. The molecule has 0 aliphatic carbocycles. The minimum absolute atomic E-state index is 0.153. The molecule has 0 amide bonds. The predicted octanol–water partition coefficient (Wildman–Crippen LogP) is 6.15. The Morgan fingerprint density at radius 1 is 1.11 bits per heavy atom. The van der Waals surface area contributed by atoms with Crippen molar-refractivity contribution in [2.75, 3.05) is 6.61 Å². The fraction of sp³-hybridized carbons (Fsp3) is 0.227. The fourth-order valence-corrected chi connectivity index (χ4v) is 5.21. The smallest absolute Gasteiger partial charge is 0.217 e. The average Bonchev–Trinajstić information content (AvgIpc) is 3.35. The second-order valence-corrected chi connectivity index (χ2v) is 9.19. The van der Waals surface area contributed by atoms with Gasteiger partial charge in [0.05, 0.1) is 32.6 Å². The number of hydrazone groups is 1. The van der Waals surface area contributed by atoms with Gasteiger partial charge in [-0.15, -0.1) is 11.3 Å². The summed E-state index contributed by atoms with van der Waals surface area (Å²) in [6.07, 6.45) is 0.546. The van der Waals surface area contributed by atoms with Crippen LogP contribution in [0.3, 0.4) is 0 Å². The first-order chi connectivity index (χ1) is 13.7. The van der Waals surface area contributed by atoms with Crippen molar-refractivity contribution in [3.05, 3.63) is 80.5 Å². The van der Waals surface area contributed by atoms with Crippen LogP contribution in [0, 0.1) is 0 Å². The van der Waals surface area contributed by atoms with Gasteiger partial charge in [-0.3, -0.25) is 0 Å². The zero-order valence-electron chi connectivity index (χ0n) is 15.3. The van der Waals surface area contributed by atoms with E-state index in [2.05, 4.69) is 51.3 Å². The van der Waals surface area contributed by atoms with E-state index >= 15 is 0 Å². The molecular formula is C22H19BrN2O2S. The number of halogens is 1. The number of hydrogen-bond donors (Lipinski definition) is 0. The lowest BCUT2D eigenvalue weighted by Crippen LogP contribution is -2.34. The number of para-hydroxylation sites is 2. The molecule has 5 rings (SSSR count). The molecule has 4 nitrogen and oxygen atoms in total. The van der Waals surface area contributed by atoms with Gasteiger partial charge in [-0.25, -0.2) is 5.01 Å². The molecule has 142 valence electrons. The summed E-state index contributed by atoms with van der Waals surface area (Å²) >= 11 is 5.28. The van der Waals surface area contributed by atoms with Gasteiger partial charge in [0.15, 0.2) is 0 Å². The maximum absolute atomic E-state index is 6.44. The molecule has 0 spiro atoms. The lowest BCUT2D eigenvalue weighted by atomic mass is 9.97. The third-order valence-electron chi connectivity index (χ3n) is 5.04. The third-order valence-corrected chi connectivity index (χ3v) is 6.71. The Morgan fingerprint density at radius 3 is 2.68 bits per heavy atom. The van der Waals surface area contributed by atoms with E-state index in [-0.39, 0.29) is 12.3 Å². The Bertz CT molecular complexity index is 1050. The molecule has 6 heteroatoms. The molecule has 0 N–H and O–H groups in total. The van der Waals surface area contributed by atoms with Crippen molar-refractivity contribution in [1.29, 1.82) is 0 Å². The Kier molecular flexibility index (Phi) is 4.61. The van der Waals surface area contributed by atoms with Gasteiger partial charge in [-0.1, -0.05) is 30.3 Å². The molecule has 0 fully saturated rings. The number of ether oxygens (including phenoxy) is 2. The Morgan fingerprint density at radius 2 is 1.89 bits per heavy atom. The van der Waals surface area contributed by atoms with Crippen LogP contribution >= 0.6 is 27.3 Å². The van der Waals surface area contributed by atoms with E-state index < -0.39 is 0 Å². The molecule has 0 unspecified atom stereocenters. The first-order valence-corrected chi connectivity index (χ1v) is 10.9. The van der Waals surface area contributed by atoms with Gasteiger partial charge in [0.2, 0.25) is 6.23 Å². The van der Waals surface area contributed by atoms with Gasteiger partial charge >= 0.3 is 0 Å². The molecule has 0 bridgehead atoms. The minimum atomic E-state index is -0.316. The molecule has 2 aliphatic rings. The van der Waals surface area contributed by atoms with Gasteiger partial charge in [-0.2, -0.15) is 5.10 Å². The van der Waals surface area contributed by atoms with E-state index in [0.29, 0.717) is 6.61 Å². The van der Waals surface area contributed by atoms with Crippen molar-refractivity contribution in [2.24, 2.45) is 5.10 Å². The van der Waals surface area contributed by atoms with Crippen molar-refractivity contribution >= 4 is 33.0 Å². The van der Waals surface area contributed by atoms with Crippen molar-refractivity contribution < 1.29 is 9.47 Å². The highest BCUT2D eigenvalue weighted by Gasteiger charge is 2.42. The second-order valence-electron chi connectivity index (χ2n) is 6.73. The summed E-state index contributed by atoms with van der Waals surface area (Å²) in [6.45, 7) is 2.61. The van der Waals surface area contributed by atoms with Crippen LogP contribution in [0.5, 0.6) is 11.5 Å². The first-order valence-electron chi connectivity index (χ1n) is 9.33. The van der Waals surface area contributed by atoms with Crippen LogP contribution in [0.25, 0.3) is 0 Å². The van der Waals surface area contributed by atoms with Crippen LogP contribution in [-0.4, -0.2) is 17.3 Å². The molecule has 3 heterocycles. The summed E-state index contributed by atoms with van der Waals surface area (Å²) in [5.74, 6) is 1.76. The summed E-state index contributed by atoms with van der Waals surface area (Å²) in [7, 11) is 0. The number of hydrogen-bond acceptors (Lipinski definition) is 5. The summed E-state index contributed by atoms with van der Waals surface area (Å²) in [5.41, 5.74) is 3.28. The summed E-state index contributed by atoms with van der Waals surface area (Å²) in [4.78, 5) is 1.19. The lowest BCUT2D eigenvalue weighted by molar-refractivity contribution is -0.0205. The van der Waals surface area contributed by atoms with Gasteiger partial charge in [0, 0.05) is 12.0 Å². The Hall–Kier alpha value is -2.31. The highest BCUT2D eigenvalue weighted by atomic mass is 79.9. The quantitative estimate of drug-likeness (QED) is 0.473. The summed E-state index contributed by atoms with van der Waals surface area (Å²) in [6, 6.07) is 20.7. The molecule has 0 saturated carbocycles.